The van der Waals surface area contributed by atoms with Gasteiger partial charge in [-0.2, -0.15) is 0 Å². The van der Waals surface area contributed by atoms with E-state index in [1.54, 1.807) is 9.80 Å². The number of cyclic esters (lactones) is 1. The van der Waals surface area contributed by atoms with E-state index < -0.39 is 40.3 Å². The first-order valence-electron chi connectivity index (χ1n) is 19.4. The van der Waals surface area contributed by atoms with E-state index in [2.05, 4.69) is 53.6 Å². The normalized spacial score (nSPS) is 26.0. The van der Waals surface area contributed by atoms with Crippen molar-refractivity contribution in [1.82, 2.24) is 25.2 Å². The number of sulfonamides is 1. The minimum atomic E-state index is -3.32. The van der Waals surface area contributed by atoms with Crippen LogP contribution in [-0.4, -0.2) is 97.7 Å². The van der Waals surface area contributed by atoms with Crippen molar-refractivity contribution in [3.63, 3.8) is 0 Å². The fourth-order valence-corrected chi connectivity index (χ4v) is 8.61. The van der Waals surface area contributed by atoms with E-state index in [1.165, 1.54) is 11.1 Å². The minimum absolute atomic E-state index is 0.0477. The molecule has 17 heteroatoms. The Balaban J connectivity index is 0.000000338. The maximum atomic E-state index is 13.5. The van der Waals surface area contributed by atoms with Crippen molar-refractivity contribution in [1.29, 1.82) is 0 Å². The molecule has 310 valence electrons. The molecule has 2 saturated carbocycles. The molecule has 6 rings (SSSR count). The predicted molar refractivity (Wildman–Crippen MR) is 207 cm³/mol. The highest BCUT2D eigenvalue weighted by atomic mass is 32.2. The number of nitrogens with one attached hydrogen (secondary N) is 3. The number of primary amides is 1. The quantitative estimate of drug-likeness (QED) is 0.233. The summed E-state index contributed by atoms with van der Waals surface area (Å²) in [5.41, 5.74) is 7.52. The second-order valence-corrected chi connectivity index (χ2v) is 17.9. The third kappa shape index (κ3) is 12.4. The van der Waals surface area contributed by atoms with Crippen LogP contribution in [-0.2, 0) is 58.2 Å². The summed E-state index contributed by atoms with van der Waals surface area (Å²) in [6, 6.07) is 4.98. The lowest BCUT2D eigenvalue weighted by molar-refractivity contribution is -0.134. The molecule has 3 fully saturated rings. The van der Waals surface area contributed by atoms with Crippen LogP contribution in [0.3, 0.4) is 0 Å². The van der Waals surface area contributed by atoms with Gasteiger partial charge in [-0.1, -0.05) is 58.4 Å². The van der Waals surface area contributed by atoms with E-state index in [4.69, 9.17) is 14.3 Å². The second-order valence-electron chi connectivity index (χ2n) is 15.9. The molecule has 1 saturated heterocycles. The molecule has 1 aromatic rings. The number of carbonyl (C=O) groups excluding carboxylic acids is 6. The smallest absolute Gasteiger partial charge is 0.410 e. The Morgan fingerprint density at radius 2 is 1.80 bits per heavy atom. The molecule has 5 aliphatic rings. The van der Waals surface area contributed by atoms with Crippen LogP contribution >= 0.6 is 0 Å². The molecule has 3 heterocycles. The van der Waals surface area contributed by atoms with Crippen molar-refractivity contribution < 1.29 is 46.7 Å². The minimum Gasteiger partial charge on any atom is -0.449 e. The molecule has 0 aromatic heterocycles. The van der Waals surface area contributed by atoms with E-state index in [0.717, 1.165) is 50.2 Å². The number of hydrogen-bond donors (Lipinski definition) is 4. The SMILES string of the molecule is C=CC(=O)NC[C@@H]1NC(=O)OCC(C)(C)CCCCc2cccc3c2CN(C3)C(=O)O[C@@H]2CC(C)N(C2)C1=O.CCC1CC1C(=O)NS(=O)(=O)C1CC1.NC=O. The first kappa shape index (κ1) is 44.0. The fraction of sp³-hybridized carbons (Fsp3) is 0.641. The van der Waals surface area contributed by atoms with Crippen LogP contribution < -0.4 is 21.1 Å². The second kappa shape index (κ2) is 19.5. The molecule has 16 nitrogen and oxygen atoms in total. The standard InChI is InChI=1S/C29H40N4O6.C9H15NO3S.CH3NO/c1-5-25(34)30-14-24-26(35)33-16-22(13-19(33)2)39-28(37)32-15-21-11-8-10-20(23(21)17-32)9-6-7-12-29(3,4)18-38-27(36)31-24;1-2-6-5-8(6)9(11)10-14(12,13)7-3-4-7;2-1-3/h5,8,10-11,19,22,24H,1,6-7,9,12-18H2,2-4H3,(H,30,34)(H,31,36);6-8H,2-5H2,1H3,(H,10,11);1H,(H2,2,3)/t19?,22-,24+;;/m1../s1. The van der Waals surface area contributed by atoms with Gasteiger partial charge in [0, 0.05) is 38.0 Å². The van der Waals surface area contributed by atoms with Gasteiger partial charge in [-0.25, -0.2) is 18.0 Å². The number of fused-ring (bicyclic) bond motifs is 3. The third-order valence-corrected chi connectivity index (χ3v) is 12.6. The molecule has 0 radical (unpaired) electrons. The first-order valence-corrected chi connectivity index (χ1v) is 21.0. The van der Waals surface area contributed by atoms with Crippen molar-refractivity contribution in [2.75, 3.05) is 19.7 Å². The van der Waals surface area contributed by atoms with Gasteiger partial charge in [0.15, 0.2) is 0 Å². The monoisotopic (exact) mass is 802 g/mol. The summed E-state index contributed by atoms with van der Waals surface area (Å²) in [5.74, 6) is -0.766. The molecular weight excluding hydrogens is 745 g/mol. The molecule has 5 N–H and O–H groups in total. The molecule has 3 aliphatic heterocycles. The molecule has 6 amide bonds. The first-order chi connectivity index (χ1) is 26.5. The van der Waals surface area contributed by atoms with Gasteiger partial charge in [0.2, 0.25) is 34.2 Å². The number of carbonyl (C=O) groups is 6. The predicted octanol–water partition coefficient (Wildman–Crippen LogP) is 3.02. The van der Waals surface area contributed by atoms with Crippen LogP contribution in [0.1, 0.15) is 95.8 Å². The summed E-state index contributed by atoms with van der Waals surface area (Å²) in [6.07, 6.45) is 7.16. The van der Waals surface area contributed by atoms with E-state index in [9.17, 15) is 32.4 Å². The highest BCUT2D eigenvalue weighted by Gasteiger charge is 2.45. The Labute approximate surface area is 329 Å². The van der Waals surface area contributed by atoms with Crippen LogP contribution in [0.5, 0.6) is 0 Å². The number of amides is 6. The third-order valence-electron chi connectivity index (χ3n) is 10.8. The number of hydrogen-bond acceptors (Lipinski definition) is 10. The van der Waals surface area contributed by atoms with Crippen molar-refractivity contribution in [2.45, 2.75) is 122 Å². The van der Waals surface area contributed by atoms with E-state index >= 15 is 0 Å². The lowest BCUT2D eigenvalue weighted by Crippen LogP contribution is -2.54. The Morgan fingerprint density at radius 3 is 2.45 bits per heavy atom. The number of nitrogens with zero attached hydrogens (tertiary/aromatic N) is 2. The number of rotatable bonds is 7. The average molecular weight is 803 g/mol. The van der Waals surface area contributed by atoms with Gasteiger partial charge < -0.3 is 30.7 Å². The average Bonchev–Trinajstić information content (AvgIpc) is 4.08. The zero-order chi connectivity index (χ0) is 41.2. The highest BCUT2D eigenvalue weighted by Crippen LogP contribution is 2.41. The maximum absolute atomic E-state index is 13.5. The van der Waals surface area contributed by atoms with Gasteiger partial charge in [-0.05, 0) is 79.5 Å². The Kier molecular flexibility index (Phi) is 15.3. The van der Waals surface area contributed by atoms with Gasteiger partial charge >= 0.3 is 12.2 Å². The van der Waals surface area contributed by atoms with Gasteiger partial charge in [-0.3, -0.25) is 28.8 Å². The zero-order valence-corrected chi connectivity index (χ0v) is 33.7. The molecule has 1 aromatic carbocycles. The van der Waals surface area contributed by atoms with Gasteiger partial charge in [0.25, 0.3) is 0 Å². The lowest BCUT2D eigenvalue weighted by atomic mass is 9.87. The number of ether oxygens (including phenoxy) is 2. The molecule has 56 heavy (non-hydrogen) atoms. The number of aryl methyl sites for hydroxylation is 1. The van der Waals surface area contributed by atoms with Gasteiger partial charge in [0.05, 0.1) is 18.4 Å². The highest BCUT2D eigenvalue weighted by molar-refractivity contribution is 7.90. The lowest BCUT2D eigenvalue weighted by Gasteiger charge is -2.28. The summed E-state index contributed by atoms with van der Waals surface area (Å²) < 4.78 is 36.3. The van der Waals surface area contributed by atoms with Crippen LogP contribution in [0.25, 0.3) is 0 Å². The van der Waals surface area contributed by atoms with Crippen molar-refractivity contribution >= 4 is 46.3 Å². The Hall–Kier alpha value is -4.67. The number of nitrogens with two attached hydrogens (primary N) is 1. The van der Waals surface area contributed by atoms with Crippen molar-refractivity contribution in [2.24, 2.45) is 23.0 Å². The van der Waals surface area contributed by atoms with Crippen LogP contribution in [0.15, 0.2) is 30.9 Å². The largest absolute Gasteiger partial charge is 0.449 e. The summed E-state index contributed by atoms with van der Waals surface area (Å²) in [4.78, 5) is 74.4. The molecule has 5 atom stereocenters. The molecule has 4 bridgehead atoms. The summed E-state index contributed by atoms with van der Waals surface area (Å²) in [7, 11) is -3.32. The Bertz CT molecular complexity index is 1730. The fourth-order valence-electron chi connectivity index (χ4n) is 7.25. The van der Waals surface area contributed by atoms with Crippen LogP contribution in [0, 0.1) is 17.3 Å². The molecule has 2 aliphatic carbocycles. The van der Waals surface area contributed by atoms with Crippen LogP contribution in [0.2, 0.25) is 0 Å². The van der Waals surface area contributed by atoms with Crippen molar-refractivity contribution in [3.8, 4) is 0 Å². The molecule has 0 spiro atoms. The zero-order valence-electron chi connectivity index (χ0n) is 32.9. The van der Waals surface area contributed by atoms with Crippen molar-refractivity contribution in [3.05, 3.63) is 47.5 Å². The Morgan fingerprint density at radius 1 is 1.11 bits per heavy atom. The van der Waals surface area contributed by atoms with Crippen LogP contribution in [0.4, 0.5) is 9.59 Å². The molecular formula is C39H58N6O10S. The van der Waals surface area contributed by atoms with E-state index in [0.29, 0.717) is 38.3 Å². The van der Waals surface area contributed by atoms with Gasteiger partial charge in [-0.15, -0.1) is 0 Å². The number of benzene rings is 1. The summed E-state index contributed by atoms with van der Waals surface area (Å²) in [5, 5.41) is 4.91. The van der Waals surface area contributed by atoms with E-state index in [-0.39, 0.29) is 60.5 Å². The molecule has 3 unspecified atom stereocenters. The maximum Gasteiger partial charge on any atom is 0.410 e. The summed E-state index contributed by atoms with van der Waals surface area (Å²) in [6.45, 7) is 12.7. The van der Waals surface area contributed by atoms with E-state index in [1.807, 2.05) is 19.9 Å². The summed E-state index contributed by atoms with van der Waals surface area (Å²) >= 11 is 0. The topological polar surface area (TPSA) is 224 Å². The van der Waals surface area contributed by atoms with Gasteiger partial charge in [0.1, 0.15) is 12.1 Å². The number of alkyl carbamates (subject to hydrolysis) is 1.